The highest BCUT2D eigenvalue weighted by Gasteiger charge is 2.26. The minimum atomic E-state index is -0.121. The minimum absolute atomic E-state index is 0.0969. The van der Waals surface area contributed by atoms with Gasteiger partial charge in [-0.3, -0.25) is 0 Å². The Bertz CT molecular complexity index is 351. The summed E-state index contributed by atoms with van der Waals surface area (Å²) in [6.07, 6.45) is 0. The highest BCUT2D eigenvalue weighted by Crippen LogP contribution is 2.44. The molecule has 1 aliphatic heterocycles. The van der Waals surface area contributed by atoms with E-state index in [2.05, 4.69) is 0 Å². The Morgan fingerprint density at radius 3 is 3.14 bits per heavy atom. The van der Waals surface area contributed by atoms with Gasteiger partial charge in [-0.1, -0.05) is 0 Å². The molecule has 1 heterocycles. The van der Waals surface area contributed by atoms with Crippen LogP contribution in [0.4, 0.5) is 0 Å². The van der Waals surface area contributed by atoms with Gasteiger partial charge in [0.2, 0.25) is 5.75 Å². The van der Waals surface area contributed by atoms with Crippen molar-refractivity contribution in [2.75, 3.05) is 13.2 Å². The summed E-state index contributed by atoms with van der Waals surface area (Å²) in [5.41, 5.74) is 6.69. The third-order valence-electron chi connectivity index (χ3n) is 2.22. The van der Waals surface area contributed by atoms with Crippen molar-refractivity contribution in [3.63, 3.8) is 0 Å². The van der Waals surface area contributed by atoms with Crippen molar-refractivity contribution in [1.82, 2.24) is 0 Å². The molecule has 1 aromatic carbocycles. The van der Waals surface area contributed by atoms with Crippen molar-refractivity contribution in [2.24, 2.45) is 5.73 Å². The van der Waals surface area contributed by atoms with Crippen LogP contribution in [0, 0.1) is 0 Å². The maximum Gasteiger partial charge on any atom is 0.203 e. The topological polar surface area (TPSA) is 64.7 Å². The quantitative estimate of drug-likeness (QED) is 0.743. The van der Waals surface area contributed by atoms with Crippen molar-refractivity contribution in [3.05, 3.63) is 17.7 Å². The third kappa shape index (κ3) is 1.28. The Morgan fingerprint density at radius 1 is 1.64 bits per heavy atom. The minimum Gasteiger partial charge on any atom is -0.504 e. The molecule has 4 nitrogen and oxygen atoms in total. The van der Waals surface area contributed by atoms with Gasteiger partial charge in [0.1, 0.15) is 6.61 Å². The molecule has 0 amide bonds. The van der Waals surface area contributed by atoms with Gasteiger partial charge in [-0.25, -0.2) is 0 Å². The zero-order valence-electron chi connectivity index (χ0n) is 7.99. The molecule has 76 valence electrons. The molecule has 1 aliphatic rings. The zero-order valence-corrected chi connectivity index (χ0v) is 7.99. The molecule has 1 aromatic rings. The van der Waals surface area contributed by atoms with Gasteiger partial charge in [0.15, 0.2) is 11.5 Å². The smallest absolute Gasteiger partial charge is 0.203 e. The summed E-state index contributed by atoms with van der Waals surface area (Å²) in [4.78, 5) is 0. The predicted octanol–water partition coefficient (Wildman–Crippen LogP) is 1.18. The Morgan fingerprint density at radius 2 is 2.43 bits per heavy atom. The number of benzene rings is 1. The molecule has 0 aromatic heterocycles. The van der Waals surface area contributed by atoms with Crippen LogP contribution in [0.25, 0.3) is 0 Å². The molecule has 0 bridgehead atoms. The first kappa shape index (κ1) is 9.15. The molecule has 2 rings (SSSR count). The second-order valence-electron chi connectivity index (χ2n) is 3.18. The van der Waals surface area contributed by atoms with Crippen molar-refractivity contribution in [1.29, 1.82) is 0 Å². The van der Waals surface area contributed by atoms with Crippen LogP contribution < -0.4 is 15.2 Å². The predicted molar refractivity (Wildman–Crippen MR) is 51.7 cm³/mol. The lowest BCUT2D eigenvalue weighted by Gasteiger charge is -2.10. The number of phenols is 1. The van der Waals surface area contributed by atoms with Gasteiger partial charge in [0, 0.05) is 5.56 Å². The van der Waals surface area contributed by atoms with Crippen LogP contribution in [0.1, 0.15) is 18.5 Å². The Kier molecular flexibility index (Phi) is 2.21. The van der Waals surface area contributed by atoms with E-state index in [1.54, 1.807) is 12.1 Å². The molecule has 1 atom stereocenters. The molecular formula is C10H13NO3. The number of aromatic hydroxyl groups is 1. The molecule has 4 heteroatoms. The molecular weight excluding hydrogens is 182 g/mol. The average Bonchev–Trinajstić information content (AvgIpc) is 2.53. The van der Waals surface area contributed by atoms with Gasteiger partial charge in [0.25, 0.3) is 0 Å². The molecule has 0 radical (unpaired) electrons. The summed E-state index contributed by atoms with van der Waals surface area (Å²) >= 11 is 0. The van der Waals surface area contributed by atoms with Crippen LogP contribution in [-0.2, 0) is 0 Å². The van der Waals surface area contributed by atoms with Crippen molar-refractivity contribution >= 4 is 0 Å². The summed E-state index contributed by atoms with van der Waals surface area (Å²) in [7, 11) is 0. The van der Waals surface area contributed by atoms with Crippen molar-refractivity contribution in [2.45, 2.75) is 13.0 Å². The van der Waals surface area contributed by atoms with E-state index < -0.39 is 0 Å². The number of hydrogen-bond acceptors (Lipinski definition) is 4. The number of hydrogen-bond donors (Lipinski definition) is 2. The van der Waals surface area contributed by atoms with Gasteiger partial charge in [-0.2, -0.15) is 0 Å². The summed E-state index contributed by atoms with van der Waals surface area (Å²) in [5, 5.41) is 9.55. The van der Waals surface area contributed by atoms with E-state index in [1.165, 1.54) is 0 Å². The number of ether oxygens (including phenoxy) is 2. The van der Waals surface area contributed by atoms with Crippen molar-refractivity contribution < 1.29 is 14.6 Å². The van der Waals surface area contributed by atoms with E-state index in [9.17, 15) is 5.11 Å². The van der Waals surface area contributed by atoms with Crippen LogP contribution >= 0.6 is 0 Å². The Hall–Kier alpha value is -1.42. The normalized spacial score (nSPS) is 18.9. The third-order valence-corrected chi connectivity index (χ3v) is 2.22. The number of nitrogens with two attached hydrogens (primary N) is 1. The maximum absolute atomic E-state index is 9.55. The molecule has 1 unspecified atom stereocenters. The van der Waals surface area contributed by atoms with Gasteiger partial charge in [0.05, 0.1) is 12.6 Å². The summed E-state index contributed by atoms with van der Waals surface area (Å²) < 4.78 is 10.7. The van der Waals surface area contributed by atoms with E-state index in [0.717, 1.165) is 5.56 Å². The van der Waals surface area contributed by atoms with E-state index in [1.807, 2.05) is 6.92 Å². The molecule has 3 N–H and O–H groups in total. The largest absolute Gasteiger partial charge is 0.504 e. The second-order valence-corrected chi connectivity index (χ2v) is 3.18. The fourth-order valence-electron chi connectivity index (χ4n) is 1.56. The van der Waals surface area contributed by atoms with Crippen LogP contribution in [0.3, 0.4) is 0 Å². The van der Waals surface area contributed by atoms with E-state index >= 15 is 0 Å². The first-order valence-corrected chi connectivity index (χ1v) is 4.61. The standard InChI is InChI=1S/C10H13NO3/c1-2-13-10-8(12)4-3-6-7(11)5-14-9(6)10/h3-4,7,12H,2,5,11H2,1H3. The fourth-order valence-corrected chi connectivity index (χ4v) is 1.56. The van der Waals surface area contributed by atoms with Gasteiger partial charge < -0.3 is 20.3 Å². The van der Waals surface area contributed by atoms with E-state index in [0.29, 0.717) is 24.7 Å². The second kappa shape index (κ2) is 3.38. The molecule has 0 saturated carbocycles. The number of fused-ring (bicyclic) bond motifs is 1. The number of phenolic OH excluding ortho intramolecular Hbond substituents is 1. The summed E-state index contributed by atoms with van der Waals surface area (Å²) in [5.74, 6) is 1.08. The Balaban J connectivity index is 2.48. The fraction of sp³-hybridized carbons (Fsp3) is 0.400. The molecule has 0 spiro atoms. The van der Waals surface area contributed by atoms with Crippen LogP contribution in [0.2, 0.25) is 0 Å². The SMILES string of the molecule is CCOc1c(O)ccc2c1OCC2N. The van der Waals surface area contributed by atoms with E-state index in [-0.39, 0.29) is 11.8 Å². The lowest BCUT2D eigenvalue weighted by atomic mass is 10.1. The van der Waals surface area contributed by atoms with Gasteiger partial charge in [-0.15, -0.1) is 0 Å². The summed E-state index contributed by atoms with van der Waals surface area (Å²) in [6, 6.07) is 3.23. The zero-order chi connectivity index (χ0) is 10.1. The molecule has 0 saturated heterocycles. The maximum atomic E-state index is 9.55. The lowest BCUT2D eigenvalue weighted by Crippen LogP contribution is -2.10. The highest BCUT2D eigenvalue weighted by atomic mass is 16.5. The van der Waals surface area contributed by atoms with Crippen LogP contribution in [-0.4, -0.2) is 18.3 Å². The highest BCUT2D eigenvalue weighted by molar-refractivity contribution is 5.57. The van der Waals surface area contributed by atoms with Crippen molar-refractivity contribution in [3.8, 4) is 17.2 Å². The first-order valence-electron chi connectivity index (χ1n) is 4.61. The van der Waals surface area contributed by atoms with E-state index in [4.69, 9.17) is 15.2 Å². The monoisotopic (exact) mass is 195 g/mol. The summed E-state index contributed by atoms with van der Waals surface area (Å²) in [6.45, 7) is 2.79. The Labute approximate surface area is 82.2 Å². The molecule has 14 heavy (non-hydrogen) atoms. The number of rotatable bonds is 2. The van der Waals surface area contributed by atoms with Crippen LogP contribution in [0.15, 0.2) is 12.1 Å². The lowest BCUT2D eigenvalue weighted by molar-refractivity contribution is 0.279. The average molecular weight is 195 g/mol. The molecule has 0 fully saturated rings. The van der Waals surface area contributed by atoms with Gasteiger partial charge >= 0.3 is 0 Å². The first-order chi connectivity index (χ1) is 6.74. The van der Waals surface area contributed by atoms with Gasteiger partial charge in [-0.05, 0) is 19.1 Å². The molecule has 0 aliphatic carbocycles. The van der Waals surface area contributed by atoms with Crippen LogP contribution in [0.5, 0.6) is 17.2 Å².